The first-order valence-corrected chi connectivity index (χ1v) is 31.2. The summed E-state index contributed by atoms with van der Waals surface area (Å²) < 4.78 is 14.8. The fraction of sp³-hybridized carbons (Fsp3) is 0.220. The van der Waals surface area contributed by atoms with Crippen LogP contribution in [0.5, 0.6) is 0 Å². The molecule has 0 spiro atoms. The molecule has 4 heteroatoms. The molecule has 0 atom stereocenters. The average Bonchev–Trinajstić information content (AvgIpc) is 0.788. The maximum atomic E-state index is 7.42. The molecule has 4 nitrogen and oxygen atoms in total. The number of nitrogens with zero attached hydrogens (tertiary/aromatic N) is 2. The maximum absolute atomic E-state index is 7.42. The van der Waals surface area contributed by atoms with Crippen molar-refractivity contribution in [3.63, 3.8) is 0 Å². The molecule has 0 fully saturated rings. The van der Waals surface area contributed by atoms with Crippen molar-refractivity contribution in [2.45, 2.75) is 119 Å². The number of rotatable bonds is 12. The highest BCUT2D eigenvalue weighted by Gasteiger charge is 2.31. The first kappa shape index (κ1) is 54.8. The van der Waals surface area contributed by atoms with Gasteiger partial charge in [0.2, 0.25) is 0 Å². The quantitative estimate of drug-likeness (QED) is 0.114. The molecule has 0 aliphatic rings. The van der Waals surface area contributed by atoms with Gasteiger partial charge in [-0.3, -0.25) is 0 Å². The van der Waals surface area contributed by atoms with E-state index in [1.54, 1.807) is 0 Å². The Morgan fingerprint density at radius 2 is 0.674 bits per heavy atom. The second-order valence-electron chi connectivity index (χ2n) is 26.5. The number of anilines is 6. The molecule has 0 N–H and O–H groups in total. The van der Waals surface area contributed by atoms with Gasteiger partial charge < -0.3 is 18.6 Å². The molecule has 0 aliphatic heterocycles. The summed E-state index contributed by atoms with van der Waals surface area (Å²) in [5.74, 6) is 0.398. The maximum Gasteiger partial charge on any atom is 0.159 e. The fourth-order valence-electron chi connectivity index (χ4n) is 13.9. The first-order chi connectivity index (χ1) is 41.5. The summed E-state index contributed by atoms with van der Waals surface area (Å²) in [4.78, 5) is 5.03. The second kappa shape index (κ2) is 20.8. The normalized spacial score (nSPS) is 12.5. The van der Waals surface area contributed by atoms with E-state index in [2.05, 4.69) is 299 Å². The van der Waals surface area contributed by atoms with Gasteiger partial charge in [0.15, 0.2) is 11.2 Å². The Balaban J connectivity index is 1.08. The molecule has 0 aliphatic carbocycles. The number of aryl methyl sites for hydroxylation is 2. The van der Waals surface area contributed by atoms with Crippen LogP contribution in [-0.4, -0.2) is 0 Å². The van der Waals surface area contributed by atoms with Crippen LogP contribution in [0.4, 0.5) is 34.1 Å². The predicted octanol–water partition coefficient (Wildman–Crippen LogP) is 24.6. The molecule has 2 aromatic heterocycles. The van der Waals surface area contributed by atoms with E-state index in [0.717, 1.165) is 102 Å². The standard InChI is InChI=1S/C82H76N2O2/c1-13-51-25-15-17-31-57(51)61-33-21-35-63-65-37-23-39-71(79(65)85-77(61)63)83(55-29-19-27-53(45-55)81(7,8)9)73-47-69(49(3)4)59-42-44-68-74(48-70(50(5)6)60-41-43-67(73)75(59)76(60)68)84(56-30-20-28-54(46-56)82(10,11)12)72-40-24-38-66-64-36-22-34-62(78(64)86-80(66)72)58-32-18-16-26-52(58)14-2/h15-50H,13-14H2,1-12H3. The lowest BCUT2D eigenvalue weighted by Crippen LogP contribution is -2.16. The molecular weight excluding hydrogens is 1040 g/mol. The summed E-state index contributed by atoms with van der Waals surface area (Å²) in [6, 6.07) is 77.3. The van der Waals surface area contributed by atoms with E-state index in [-0.39, 0.29) is 22.7 Å². The topological polar surface area (TPSA) is 32.8 Å². The summed E-state index contributed by atoms with van der Waals surface area (Å²) in [6.45, 7) is 27.7. The first-order valence-electron chi connectivity index (χ1n) is 31.2. The molecule has 0 bridgehead atoms. The van der Waals surface area contributed by atoms with Crippen molar-refractivity contribution in [3.05, 3.63) is 240 Å². The molecule has 0 radical (unpaired) electrons. The van der Waals surface area contributed by atoms with E-state index in [9.17, 15) is 0 Å². The van der Waals surface area contributed by atoms with E-state index in [0.29, 0.717) is 0 Å². The smallest absolute Gasteiger partial charge is 0.159 e. The summed E-state index contributed by atoms with van der Waals surface area (Å²) in [5.41, 5.74) is 22.1. The van der Waals surface area contributed by atoms with Gasteiger partial charge in [-0.25, -0.2) is 0 Å². The minimum Gasteiger partial charge on any atom is -0.453 e. The van der Waals surface area contributed by atoms with Crippen molar-refractivity contribution < 1.29 is 8.83 Å². The summed E-state index contributed by atoms with van der Waals surface area (Å²) in [5, 5.41) is 11.8. The van der Waals surface area contributed by atoms with Crippen LogP contribution in [0.2, 0.25) is 0 Å². The Kier molecular flexibility index (Phi) is 13.3. The monoisotopic (exact) mass is 1120 g/mol. The summed E-state index contributed by atoms with van der Waals surface area (Å²) >= 11 is 0. The number of hydrogen-bond acceptors (Lipinski definition) is 4. The average molecular weight is 1120 g/mol. The van der Waals surface area contributed by atoms with Crippen molar-refractivity contribution in [1.82, 2.24) is 0 Å². The van der Waals surface area contributed by atoms with Gasteiger partial charge in [-0.15, -0.1) is 0 Å². The largest absolute Gasteiger partial charge is 0.453 e. The van der Waals surface area contributed by atoms with Gasteiger partial charge in [0.1, 0.15) is 11.2 Å². The van der Waals surface area contributed by atoms with E-state index in [1.165, 1.54) is 76.8 Å². The Bertz CT molecular complexity index is 4640. The van der Waals surface area contributed by atoms with Crippen molar-refractivity contribution in [2.75, 3.05) is 9.80 Å². The lowest BCUT2D eigenvalue weighted by molar-refractivity contribution is 0.590. The zero-order valence-electron chi connectivity index (χ0n) is 51.9. The summed E-state index contributed by atoms with van der Waals surface area (Å²) in [6.07, 6.45) is 1.86. The third-order valence-electron chi connectivity index (χ3n) is 18.5. The van der Waals surface area contributed by atoms with Crippen molar-refractivity contribution in [2.24, 2.45) is 0 Å². The third kappa shape index (κ3) is 8.85. The third-order valence-corrected chi connectivity index (χ3v) is 18.5. The van der Waals surface area contributed by atoms with Gasteiger partial charge in [-0.2, -0.15) is 0 Å². The highest BCUT2D eigenvalue weighted by atomic mass is 16.3. The SMILES string of the molecule is CCc1ccccc1-c1cccc2c1oc1c(N(c3cccc(C(C)(C)C)c3)c3cc(C(C)C)c4ccc5c(N(c6cccc(C(C)(C)C)c6)c6cccc7c6oc6c(-c8ccccc8CC)cccc67)cc(C(C)C)c6ccc3c4c65)cccc12. The zero-order chi connectivity index (χ0) is 59.5. The minimum atomic E-state index is -0.0994. The number of fused-ring (bicyclic) bond motifs is 6. The molecule has 0 saturated heterocycles. The van der Waals surface area contributed by atoms with Crippen LogP contribution in [0.1, 0.15) is 128 Å². The van der Waals surface area contributed by atoms with Gasteiger partial charge in [0.25, 0.3) is 0 Å². The van der Waals surface area contributed by atoms with Gasteiger partial charge >= 0.3 is 0 Å². The number of hydrogen-bond donors (Lipinski definition) is 0. The van der Waals surface area contributed by atoms with Gasteiger partial charge in [-0.05, 0) is 150 Å². The molecule has 0 saturated carbocycles. The van der Waals surface area contributed by atoms with Crippen LogP contribution < -0.4 is 9.80 Å². The molecule has 426 valence electrons. The lowest BCUT2D eigenvalue weighted by atomic mass is 9.83. The van der Waals surface area contributed by atoms with Crippen LogP contribution in [-0.2, 0) is 23.7 Å². The molecule has 14 rings (SSSR count). The Hall–Kier alpha value is -9.12. The second-order valence-corrected chi connectivity index (χ2v) is 26.5. The zero-order valence-corrected chi connectivity index (χ0v) is 51.9. The number of para-hydroxylation sites is 4. The molecular formula is C82H76N2O2. The molecule has 86 heavy (non-hydrogen) atoms. The number of furan rings is 2. The van der Waals surface area contributed by atoms with Crippen LogP contribution in [0, 0.1) is 0 Å². The van der Waals surface area contributed by atoms with E-state index < -0.39 is 0 Å². The van der Waals surface area contributed by atoms with Crippen molar-refractivity contribution in [1.29, 1.82) is 0 Å². The number of benzene rings is 12. The van der Waals surface area contributed by atoms with Crippen LogP contribution in [0.3, 0.4) is 0 Å². The lowest BCUT2D eigenvalue weighted by Gasteiger charge is -2.32. The fourth-order valence-corrected chi connectivity index (χ4v) is 13.9. The Labute approximate surface area is 506 Å². The minimum absolute atomic E-state index is 0.0994. The summed E-state index contributed by atoms with van der Waals surface area (Å²) in [7, 11) is 0. The van der Waals surface area contributed by atoms with Crippen LogP contribution in [0.25, 0.3) is 98.4 Å². The van der Waals surface area contributed by atoms with E-state index in [4.69, 9.17) is 8.83 Å². The van der Waals surface area contributed by atoms with Crippen LogP contribution >= 0.6 is 0 Å². The van der Waals surface area contributed by atoms with Crippen molar-refractivity contribution in [3.8, 4) is 22.3 Å². The Morgan fingerprint density at radius 3 is 1.06 bits per heavy atom. The molecule has 14 aromatic rings. The van der Waals surface area contributed by atoms with Gasteiger partial charge in [0, 0.05) is 54.8 Å². The van der Waals surface area contributed by atoms with Crippen molar-refractivity contribution >= 4 is 110 Å². The molecule has 12 aromatic carbocycles. The molecule has 0 unspecified atom stereocenters. The molecule has 2 heterocycles. The van der Waals surface area contributed by atoms with Gasteiger partial charge in [-0.1, -0.05) is 241 Å². The van der Waals surface area contributed by atoms with Crippen LogP contribution in [0.15, 0.2) is 215 Å². The highest BCUT2D eigenvalue weighted by molar-refractivity contribution is 6.30. The van der Waals surface area contributed by atoms with Gasteiger partial charge in [0.05, 0.1) is 22.7 Å². The van der Waals surface area contributed by atoms with E-state index >= 15 is 0 Å². The Morgan fingerprint density at radius 1 is 0.326 bits per heavy atom. The highest BCUT2D eigenvalue weighted by Crippen LogP contribution is 2.54. The predicted molar refractivity (Wildman–Crippen MR) is 369 cm³/mol. The van der Waals surface area contributed by atoms with E-state index in [1.807, 2.05) is 0 Å². The molecule has 0 amide bonds.